The lowest BCUT2D eigenvalue weighted by molar-refractivity contribution is 0.149. The molecule has 0 unspecified atom stereocenters. The summed E-state index contributed by atoms with van der Waals surface area (Å²) >= 11 is 0. The molecule has 112 valence electrons. The van der Waals surface area contributed by atoms with Crippen LogP contribution in [-0.2, 0) is 10.8 Å². The highest BCUT2D eigenvalue weighted by Gasteiger charge is 2.12. The van der Waals surface area contributed by atoms with Gasteiger partial charge >= 0.3 is 6.03 Å². The minimum atomic E-state index is -1.11. The van der Waals surface area contributed by atoms with Crippen molar-refractivity contribution in [1.82, 2.24) is 5.32 Å². The Morgan fingerprint density at radius 3 is 2.86 bits per heavy atom. The van der Waals surface area contributed by atoms with E-state index in [2.05, 4.69) is 10.6 Å². The second-order valence-electron chi connectivity index (χ2n) is 4.35. The molecular formula is C14H16N2O4S. The highest BCUT2D eigenvalue weighted by atomic mass is 32.2. The van der Waals surface area contributed by atoms with Gasteiger partial charge in [0.15, 0.2) is 0 Å². The van der Waals surface area contributed by atoms with Crippen LogP contribution >= 0.6 is 0 Å². The van der Waals surface area contributed by atoms with Crippen molar-refractivity contribution in [1.29, 1.82) is 0 Å². The summed E-state index contributed by atoms with van der Waals surface area (Å²) in [5.74, 6) is 0.388. The van der Waals surface area contributed by atoms with E-state index in [4.69, 9.17) is 4.42 Å². The summed E-state index contributed by atoms with van der Waals surface area (Å²) < 4.78 is 16.4. The Labute approximate surface area is 124 Å². The van der Waals surface area contributed by atoms with Crippen LogP contribution < -0.4 is 10.6 Å². The first-order valence-corrected chi connectivity index (χ1v) is 7.82. The molecule has 0 radical (unpaired) electrons. The number of aliphatic hydroxyl groups is 1. The fraction of sp³-hybridized carbons (Fsp3) is 0.214. The third kappa shape index (κ3) is 4.44. The van der Waals surface area contributed by atoms with Gasteiger partial charge in [-0.15, -0.1) is 0 Å². The van der Waals surface area contributed by atoms with E-state index in [1.807, 2.05) is 0 Å². The number of furan rings is 1. The number of hydrogen-bond acceptors (Lipinski definition) is 4. The molecule has 2 rings (SSSR count). The third-order valence-electron chi connectivity index (χ3n) is 2.75. The summed E-state index contributed by atoms with van der Waals surface area (Å²) in [6, 6.07) is 9.60. The van der Waals surface area contributed by atoms with Gasteiger partial charge in [0.25, 0.3) is 0 Å². The maximum atomic E-state index is 11.7. The van der Waals surface area contributed by atoms with Crippen molar-refractivity contribution in [3.05, 3.63) is 48.4 Å². The van der Waals surface area contributed by atoms with Crippen LogP contribution in [0.15, 0.2) is 52.0 Å². The molecule has 2 atom stereocenters. The van der Waals surface area contributed by atoms with Crippen LogP contribution in [0.5, 0.6) is 0 Å². The molecule has 0 bridgehead atoms. The van der Waals surface area contributed by atoms with Gasteiger partial charge < -0.3 is 20.2 Å². The van der Waals surface area contributed by atoms with Crippen LogP contribution in [0.2, 0.25) is 0 Å². The van der Waals surface area contributed by atoms with Gasteiger partial charge in [-0.05, 0) is 30.3 Å². The van der Waals surface area contributed by atoms with Gasteiger partial charge in [-0.1, -0.05) is 6.07 Å². The summed E-state index contributed by atoms with van der Waals surface area (Å²) in [6.07, 6.45) is 2.12. The minimum absolute atomic E-state index is 0.0265. The predicted octanol–water partition coefficient (Wildman–Crippen LogP) is 1.87. The molecule has 0 aliphatic heterocycles. The summed E-state index contributed by atoms with van der Waals surface area (Å²) in [4.78, 5) is 12.4. The summed E-state index contributed by atoms with van der Waals surface area (Å²) in [5.41, 5.74) is 0.535. The number of urea groups is 1. The van der Waals surface area contributed by atoms with Crippen molar-refractivity contribution in [2.45, 2.75) is 11.0 Å². The number of nitrogens with one attached hydrogen (secondary N) is 2. The van der Waals surface area contributed by atoms with E-state index in [0.29, 0.717) is 16.3 Å². The predicted molar refractivity (Wildman–Crippen MR) is 79.5 cm³/mol. The fourth-order valence-electron chi connectivity index (χ4n) is 1.70. The van der Waals surface area contributed by atoms with Crippen LogP contribution in [-0.4, -0.2) is 28.1 Å². The van der Waals surface area contributed by atoms with Crippen LogP contribution in [0.1, 0.15) is 11.9 Å². The van der Waals surface area contributed by atoms with Gasteiger partial charge in [-0.3, -0.25) is 4.21 Å². The SMILES string of the molecule is C[S@](=O)c1cccc(NC(=O)NC[C@H](O)c2ccco2)c1. The Bertz CT molecular complexity index is 628. The lowest BCUT2D eigenvalue weighted by Gasteiger charge is -2.11. The second kappa shape index (κ2) is 7.05. The highest BCUT2D eigenvalue weighted by molar-refractivity contribution is 7.84. The van der Waals surface area contributed by atoms with Gasteiger partial charge in [-0.25, -0.2) is 4.79 Å². The van der Waals surface area contributed by atoms with Gasteiger partial charge in [0.2, 0.25) is 0 Å². The molecular weight excluding hydrogens is 292 g/mol. The Hall–Kier alpha value is -2.12. The zero-order chi connectivity index (χ0) is 15.2. The van der Waals surface area contributed by atoms with E-state index in [-0.39, 0.29) is 6.54 Å². The monoisotopic (exact) mass is 308 g/mol. The molecule has 0 aliphatic rings. The van der Waals surface area contributed by atoms with Crippen molar-refractivity contribution in [3.63, 3.8) is 0 Å². The fourth-order valence-corrected chi connectivity index (χ4v) is 2.26. The molecule has 2 aromatic rings. The first kappa shape index (κ1) is 15.3. The quantitative estimate of drug-likeness (QED) is 0.786. The number of amides is 2. The van der Waals surface area contributed by atoms with Crippen LogP contribution in [0.4, 0.5) is 10.5 Å². The molecule has 0 fully saturated rings. The first-order chi connectivity index (χ1) is 10.1. The van der Waals surface area contributed by atoms with E-state index >= 15 is 0 Å². The van der Waals surface area contributed by atoms with Crippen molar-refractivity contribution < 1.29 is 18.5 Å². The first-order valence-electron chi connectivity index (χ1n) is 6.26. The molecule has 3 N–H and O–H groups in total. The van der Waals surface area contributed by atoms with E-state index < -0.39 is 22.9 Å². The Morgan fingerprint density at radius 2 is 2.19 bits per heavy atom. The van der Waals surface area contributed by atoms with Crippen LogP contribution in [0.25, 0.3) is 0 Å². The van der Waals surface area contributed by atoms with E-state index in [0.717, 1.165) is 0 Å². The molecule has 1 aromatic heterocycles. The Balaban J connectivity index is 1.87. The van der Waals surface area contributed by atoms with Crippen molar-refractivity contribution in [2.24, 2.45) is 0 Å². The lowest BCUT2D eigenvalue weighted by atomic mass is 10.3. The van der Waals surface area contributed by atoms with E-state index in [1.165, 1.54) is 6.26 Å². The maximum Gasteiger partial charge on any atom is 0.319 e. The molecule has 7 heteroatoms. The average molecular weight is 308 g/mol. The molecule has 6 nitrogen and oxygen atoms in total. The number of carbonyl (C=O) groups excluding carboxylic acids is 1. The Morgan fingerprint density at radius 1 is 1.38 bits per heavy atom. The van der Waals surface area contributed by atoms with Gasteiger partial charge in [0, 0.05) is 27.6 Å². The third-order valence-corrected chi connectivity index (χ3v) is 3.67. The number of benzene rings is 1. The van der Waals surface area contributed by atoms with E-state index in [1.54, 1.807) is 42.7 Å². The number of hydrogen-bond donors (Lipinski definition) is 3. The smallest absolute Gasteiger partial charge is 0.319 e. The molecule has 0 aliphatic carbocycles. The normalized spacial score (nSPS) is 13.4. The van der Waals surface area contributed by atoms with Crippen LogP contribution in [0.3, 0.4) is 0 Å². The molecule has 0 saturated heterocycles. The molecule has 2 amide bonds. The van der Waals surface area contributed by atoms with Crippen molar-refractivity contribution in [3.8, 4) is 0 Å². The number of rotatable bonds is 5. The lowest BCUT2D eigenvalue weighted by Crippen LogP contribution is -2.32. The summed E-state index contributed by atoms with van der Waals surface area (Å²) in [6.45, 7) is 0.0265. The summed E-state index contributed by atoms with van der Waals surface area (Å²) in [5, 5.41) is 14.9. The number of aliphatic hydroxyl groups excluding tert-OH is 1. The van der Waals surface area contributed by atoms with Crippen LogP contribution in [0, 0.1) is 0 Å². The molecule has 0 saturated carbocycles. The number of anilines is 1. The largest absolute Gasteiger partial charge is 0.467 e. The number of carbonyl (C=O) groups is 1. The average Bonchev–Trinajstić information content (AvgIpc) is 2.99. The minimum Gasteiger partial charge on any atom is -0.467 e. The van der Waals surface area contributed by atoms with Crippen molar-refractivity contribution >= 4 is 22.5 Å². The zero-order valence-electron chi connectivity index (χ0n) is 11.4. The Kier molecular flexibility index (Phi) is 5.13. The van der Waals surface area contributed by atoms with E-state index in [9.17, 15) is 14.1 Å². The molecule has 1 aromatic carbocycles. The topological polar surface area (TPSA) is 91.6 Å². The van der Waals surface area contributed by atoms with Gasteiger partial charge in [0.1, 0.15) is 11.9 Å². The molecule has 1 heterocycles. The highest BCUT2D eigenvalue weighted by Crippen LogP contribution is 2.14. The molecule has 0 spiro atoms. The summed E-state index contributed by atoms with van der Waals surface area (Å²) in [7, 11) is -1.11. The second-order valence-corrected chi connectivity index (χ2v) is 5.73. The van der Waals surface area contributed by atoms with Gasteiger partial charge in [0.05, 0.1) is 12.8 Å². The molecule has 21 heavy (non-hydrogen) atoms. The standard InChI is InChI=1S/C14H16N2O4S/c1-21(19)11-5-2-4-10(8-11)16-14(18)15-9-12(17)13-6-3-7-20-13/h2-8,12,17H,9H2,1H3,(H2,15,16,18)/t12-,21-/m0/s1. The van der Waals surface area contributed by atoms with Crippen molar-refractivity contribution in [2.75, 3.05) is 18.1 Å². The van der Waals surface area contributed by atoms with Gasteiger partial charge in [-0.2, -0.15) is 0 Å². The maximum absolute atomic E-state index is 11.7. The zero-order valence-corrected chi connectivity index (χ0v) is 12.2.